The van der Waals surface area contributed by atoms with Gasteiger partial charge < -0.3 is 5.73 Å². The number of benzene rings is 2. The third-order valence-corrected chi connectivity index (χ3v) is 7.26. The monoisotopic (exact) mass is 555 g/mol. The standard InChI is InChI=1S/C36H25N7/c37-36-42-34(32-19-28(24-1-9-38-10-2-24)17-29(20-32)25-3-11-39-12-4-25)23-35(43-36)33-21-30(26-5-13-40-14-6-26)18-31(22-33)27-7-15-41-16-8-27/h1-23H,(H2,37,42,43). The van der Waals surface area contributed by atoms with Crippen LogP contribution in [-0.4, -0.2) is 29.9 Å². The fraction of sp³-hybridized carbons (Fsp3) is 0. The van der Waals surface area contributed by atoms with Crippen LogP contribution in [0.4, 0.5) is 5.95 Å². The lowest BCUT2D eigenvalue weighted by Crippen LogP contribution is -1.99. The van der Waals surface area contributed by atoms with Gasteiger partial charge in [0.2, 0.25) is 5.95 Å². The minimum Gasteiger partial charge on any atom is -0.368 e. The van der Waals surface area contributed by atoms with Gasteiger partial charge in [-0.25, -0.2) is 9.97 Å². The molecule has 7 heteroatoms. The van der Waals surface area contributed by atoms with Crippen molar-refractivity contribution in [1.29, 1.82) is 0 Å². The highest BCUT2D eigenvalue weighted by atomic mass is 15.0. The zero-order chi connectivity index (χ0) is 29.0. The molecule has 0 bridgehead atoms. The summed E-state index contributed by atoms with van der Waals surface area (Å²) in [5.41, 5.74) is 18.1. The summed E-state index contributed by atoms with van der Waals surface area (Å²) in [5.74, 6) is 0.201. The molecule has 0 amide bonds. The molecule has 7 nitrogen and oxygen atoms in total. The van der Waals surface area contributed by atoms with Crippen LogP contribution in [0, 0.1) is 0 Å². The summed E-state index contributed by atoms with van der Waals surface area (Å²) in [7, 11) is 0. The molecule has 0 aliphatic rings. The Kier molecular flexibility index (Phi) is 6.87. The van der Waals surface area contributed by atoms with Crippen molar-refractivity contribution in [3.8, 4) is 67.0 Å². The van der Waals surface area contributed by atoms with Crippen LogP contribution in [0.5, 0.6) is 0 Å². The highest BCUT2D eigenvalue weighted by Gasteiger charge is 2.14. The maximum Gasteiger partial charge on any atom is 0.221 e. The molecule has 0 fully saturated rings. The Bertz CT molecular complexity index is 1750. The van der Waals surface area contributed by atoms with E-state index < -0.39 is 0 Å². The van der Waals surface area contributed by atoms with E-state index in [1.54, 1.807) is 49.6 Å². The molecule has 0 radical (unpaired) electrons. The highest BCUT2D eigenvalue weighted by molar-refractivity contribution is 5.84. The van der Waals surface area contributed by atoms with Crippen molar-refractivity contribution in [2.45, 2.75) is 0 Å². The molecule has 5 aromatic heterocycles. The van der Waals surface area contributed by atoms with Crippen LogP contribution in [0.2, 0.25) is 0 Å². The second-order valence-electron chi connectivity index (χ2n) is 10.0. The Morgan fingerprint density at radius 1 is 0.302 bits per heavy atom. The topological polar surface area (TPSA) is 103 Å². The zero-order valence-corrected chi connectivity index (χ0v) is 23.0. The molecule has 0 atom stereocenters. The van der Waals surface area contributed by atoms with Crippen molar-refractivity contribution in [1.82, 2.24) is 29.9 Å². The van der Waals surface area contributed by atoms with Gasteiger partial charge in [-0.1, -0.05) is 0 Å². The van der Waals surface area contributed by atoms with Crippen molar-refractivity contribution in [3.63, 3.8) is 0 Å². The molecule has 0 aliphatic heterocycles. The van der Waals surface area contributed by atoms with E-state index in [1.165, 1.54) is 0 Å². The van der Waals surface area contributed by atoms with Gasteiger partial charge in [0.15, 0.2) is 0 Å². The minimum absolute atomic E-state index is 0.201. The Labute approximate surface area is 248 Å². The van der Waals surface area contributed by atoms with E-state index in [9.17, 15) is 0 Å². The van der Waals surface area contributed by atoms with E-state index in [2.05, 4.69) is 66.3 Å². The van der Waals surface area contributed by atoms with Gasteiger partial charge in [0.25, 0.3) is 0 Å². The van der Waals surface area contributed by atoms with Gasteiger partial charge in [0, 0.05) is 60.7 Å². The van der Waals surface area contributed by atoms with Crippen molar-refractivity contribution < 1.29 is 0 Å². The zero-order valence-electron chi connectivity index (χ0n) is 23.0. The molecule has 0 saturated carbocycles. The van der Waals surface area contributed by atoms with Crippen molar-refractivity contribution >= 4 is 5.95 Å². The summed E-state index contributed by atoms with van der Waals surface area (Å²) in [4.78, 5) is 26.1. The second-order valence-corrected chi connectivity index (χ2v) is 10.0. The summed E-state index contributed by atoms with van der Waals surface area (Å²) in [6.07, 6.45) is 14.4. The third kappa shape index (κ3) is 5.60. The normalized spacial score (nSPS) is 10.9. The summed E-state index contributed by atoms with van der Waals surface area (Å²) < 4.78 is 0. The van der Waals surface area contributed by atoms with Gasteiger partial charge in [0.1, 0.15) is 0 Å². The lowest BCUT2D eigenvalue weighted by Gasteiger charge is -2.13. The van der Waals surface area contributed by atoms with E-state index in [0.717, 1.165) is 67.0 Å². The number of nitrogens with two attached hydrogens (primary N) is 1. The Morgan fingerprint density at radius 2 is 0.558 bits per heavy atom. The predicted molar refractivity (Wildman–Crippen MR) is 170 cm³/mol. The Hall–Kier alpha value is -6.08. The number of hydrogen-bond donors (Lipinski definition) is 1. The average Bonchev–Trinajstić information content (AvgIpc) is 3.09. The van der Waals surface area contributed by atoms with Crippen LogP contribution in [0.1, 0.15) is 0 Å². The van der Waals surface area contributed by atoms with Crippen LogP contribution in [0.15, 0.2) is 141 Å². The number of nitrogens with zero attached hydrogens (tertiary/aromatic N) is 6. The van der Waals surface area contributed by atoms with Crippen LogP contribution in [0.25, 0.3) is 67.0 Å². The first-order chi connectivity index (χ1) is 21.2. The van der Waals surface area contributed by atoms with Gasteiger partial charge in [-0.05, 0) is 136 Å². The van der Waals surface area contributed by atoms with Gasteiger partial charge >= 0.3 is 0 Å². The first kappa shape index (κ1) is 25.9. The number of pyridine rings is 4. The van der Waals surface area contributed by atoms with Crippen LogP contribution < -0.4 is 5.73 Å². The number of aromatic nitrogens is 6. The molecule has 2 N–H and O–H groups in total. The summed E-state index contributed by atoms with van der Waals surface area (Å²) in [6, 6.07) is 30.8. The summed E-state index contributed by atoms with van der Waals surface area (Å²) in [6.45, 7) is 0. The average molecular weight is 556 g/mol. The van der Waals surface area contributed by atoms with Gasteiger partial charge in [-0.15, -0.1) is 0 Å². The molecule has 0 unspecified atom stereocenters. The molecular weight excluding hydrogens is 530 g/mol. The smallest absolute Gasteiger partial charge is 0.221 e. The molecule has 43 heavy (non-hydrogen) atoms. The van der Waals surface area contributed by atoms with E-state index in [4.69, 9.17) is 5.73 Å². The fourth-order valence-electron chi connectivity index (χ4n) is 5.16. The lowest BCUT2D eigenvalue weighted by atomic mass is 9.94. The molecule has 2 aromatic carbocycles. The number of rotatable bonds is 6. The molecule has 7 rings (SSSR count). The first-order valence-corrected chi connectivity index (χ1v) is 13.8. The Balaban J connectivity index is 1.40. The fourth-order valence-corrected chi connectivity index (χ4v) is 5.16. The van der Waals surface area contributed by atoms with Crippen LogP contribution >= 0.6 is 0 Å². The predicted octanol–water partition coefficient (Wildman–Crippen LogP) is 7.64. The summed E-state index contributed by atoms with van der Waals surface area (Å²) in [5, 5.41) is 0. The maximum absolute atomic E-state index is 6.38. The minimum atomic E-state index is 0.201. The van der Waals surface area contributed by atoms with Gasteiger partial charge in [0.05, 0.1) is 11.4 Å². The van der Waals surface area contributed by atoms with E-state index >= 15 is 0 Å². The number of hydrogen-bond acceptors (Lipinski definition) is 7. The van der Waals surface area contributed by atoms with E-state index in [-0.39, 0.29) is 5.95 Å². The largest absolute Gasteiger partial charge is 0.368 e. The molecule has 0 aliphatic carbocycles. The van der Waals surface area contributed by atoms with Crippen molar-refractivity contribution in [3.05, 3.63) is 141 Å². The summed E-state index contributed by atoms with van der Waals surface area (Å²) >= 11 is 0. The number of nitrogen functional groups attached to an aromatic ring is 1. The quantitative estimate of drug-likeness (QED) is 0.225. The number of anilines is 1. The van der Waals surface area contributed by atoms with Gasteiger partial charge in [-0.2, -0.15) is 0 Å². The van der Waals surface area contributed by atoms with Crippen LogP contribution in [-0.2, 0) is 0 Å². The van der Waals surface area contributed by atoms with Crippen LogP contribution in [0.3, 0.4) is 0 Å². The van der Waals surface area contributed by atoms with Crippen molar-refractivity contribution in [2.75, 3.05) is 5.73 Å². The lowest BCUT2D eigenvalue weighted by molar-refractivity contribution is 1.19. The Morgan fingerprint density at radius 3 is 0.837 bits per heavy atom. The highest BCUT2D eigenvalue weighted by Crippen LogP contribution is 2.36. The molecule has 204 valence electrons. The second kappa shape index (κ2) is 11.4. The first-order valence-electron chi connectivity index (χ1n) is 13.8. The third-order valence-electron chi connectivity index (χ3n) is 7.26. The molecule has 0 spiro atoms. The van der Waals surface area contributed by atoms with E-state index in [0.29, 0.717) is 0 Å². The molecular formula is C36H25N7. The SMILES string of the molecule is Nc1nc(-c2cc(-c3ccncc3)cc(-c3ccncc3)c2)cc(-c2cc(-c3ccncc3)cc(-c3ccncc3)c2)n1. The maximum atomic E-state index is 6.38. The van der Waals surface area contributed by atoms with Gasteiger partial charge in [-0.3, -0.25) is 19.9 Å². The molecule has 0 saturated heterocycles. The van der Waals surface area contributed by atoms with Crippen molar-refractivity contribution in [2.24, 2.45) is 0 Å². The molecule has 5 heterocycles. The van der Waals surface area contributed by atoms with E-state index in [1.807, 2.05) is 54.6 Å². The molecule has 7 aromatic rings.